The van der Waals surface area contributed by atoms with E-state index in [0.717, 1.165) is 10.0 Å². The molecule has 0 aliphatic heterocycles. The van der Waals surface area contributed by atoms with Crippen molar-refractivity contribution in [2.75, 3.05) is 0 Å². The Kier molecular flexibility index (Phi) is 3.26. The van der Waals surface area contributed by atoms with Gasteiger partial charge in [0.05, 0.1) is 12.1 Å². The smallest absolute Gasteiger partial charge is 0.0704 e. The highest BCUT2D eigenvalue weighted by molar-refractivity contribution is 9.10. The topological polar surface area (TPSA) is 46.2 Å². The minimum absolute atomic E-state index is 0.293. The van der Waals surface area contributed by atoms with Crippen molar-refractivity contribution in [2.24, 2.45) is 5.73 Å². The van der Waals surface area contributed by atoms with Gasteiger partial charge in [-0.2, -0.15) is 0 Å². The maximum atomic E-state index is 9.21. The van der Waals surface area contributed by atoms with Gasteiger partial charge in [0.1, 0.15) is 0 Å². The van der Waals surface area contributed by atoms with Crippen LogP contribution in [-0.4, -0.2) is 11.2 Å². The van der Waals surface area contributed by atoms with Gasteiger partial charge in [0, 0.05) is 4.47 Å². The summed E-state index contributed by atoms with van der Waals surface area (Å²) in [4.78, 5) is 0. The second-order valence-electron chi connectivity index (χ2n) is 2.82. The van der Waals surface area contributed by atoms with Gasteiger partial charge < -0.3 is 10.8 Å². The van der Waals surface area contributed by atoms with Crippen LogP contribution in [0.4, 0.5) is 0 Å². The van der Waals surface area contributed by atoms with Crippen molar-refractivity contribution in [2.45, 2.75) is 19.1 Å². The van der Waals surface area contributed by atoms with Crippen LogP contribution >= 0.6 is 15.9 Å². The van der Waals surface area contributed by atoms with Gasteiger partial charge in [0.15, 0.2) is 0 Å². The Balaban J connectivity index is 2.82. The van der Waals surface area contributed by atoms with Gasteiger partial charge in [0.25, 0.3) is 0 Å². The van der Waals surface area contributed by atoms with E-state index in [0.29, 0.717) is 0 Å². The number of benzene rings is 1. The SMILES string of the molecule is CC(O)[C@H](N)c1ccc(Br)cc1. The number of halogens is 1. The van der Waals surface area contributed by atoms with Gasteiger partial charge in [0.2, 0.25) is 0 Å². The van der Waals surface area contributed by atoms with E-state index in [1.165, 1.54) is 0 Å². The largest absolute Gasteiger partial charge is 0.391 e. The molecule has 3 N–H and O–H groups in total. The standard InChI is InChI=1S/C9H12BrNO/c1-6(12)9(11)7-2-4-8(10)5-3-7/h2-6,9,12H,11H2,1H3/t6?,9-/m0/s1. The lowest BCUT2D eigenvalue weighted by atomic mass is 10.0. The highest BCUT2D eigenvalue weighted by Crippen LogP contribution is 2.17. The van der Waals surface area contributed by atoms with E-state index >= 15 is 0 Å². The van der Waals surface area contributed by atoms with Crippen LogP contribution in [0.2, 0.25) is 0 Å². The Labute approximate surface area is 80.5 Å². The van der Waals surface area contributed by atoms with E-state index in [9.17, 15) is 5.11 Å². The van der Waals surface area contributed by atoms with E-state index in [1.54, 1.807) is 6.92 Å². The summed E-state index contributed by atoms with van der Waals surface area (Å²) in [5.74, 6) is 0. The molecule has 0 aromatic heterocycles. The van der Waals surface area contributed by atoms with Crippen LogP contribution in [0.3, 0.4) is 0 Å². The molecule has 1 aromatic rings. The van der Waals surface area contributed by atoms with Crippen molar-refractivity contribution in [3.63, 3.8) is 0 Å². The molecule has 0 fully saturated rings. The van der Waals surface area contributed by atoms with Gasteiger partial charge in [-0.25, -0.2) is 0 Å². The summed E-state index contributed by atoms with van der Waals surface area (Å²) in [6, 6.07) is 7.34. The molecular weight excluding hydrogens is 218 g/mol. The van der Waals surface area contributed by atoms with Crippen molar-refractivity contribution in [3.05, 3.63) is 34.3 Å². The molecule has 0 heterocycles. The minimum Gasteiger partial charge on any atom is -0.391 e. The molecule has 1 aromatic carbocycles. The maximum absolute atomic E-state index is 9.21. The molecule has 2 nitrogen and oxygen atoms in total. The van der Waals surface area contributed by atoms with Crippen LogP contribution < -0.4 is 5.73 Å². The molecule has 0 radical (unpaired) electrons. The molecule has 0 saturated carbocycles. The zero-order valence-corrected chi connectivity index (χ0v) is 8.45. The molecule has 1 rings (SSSR count). The lowest BCUT2D eigenvalue weighted by molar-refractivity contribution is 0.164. The third-order valence-electron chi connectivity index (χ3n) is 1.77. The van der Waals surface area contributed by atoms with Crippen LogP contribution in [0.15, 0.2) is 28.7 Å². The van der Waals surface area contributed by atoms with Crippen LogP contribution in [0.5, 0.6) is 0 Å². The average molecular weight is 230 g/mol. The molecular formula is C9H12BrNO. The van der Waals surface area contributed by atoms with Gasteiger partial charge in [-0.3, -0.25) is 0 Å². The third kappa shape index (κ3) is 2.30. The normalized spacial score (nSPS) is 15.7. The van der Waals surface area contributed by atoms with Crippen LogP contribution in [0.25, 0.3) is 0 Å². The summed E-state index contributed by atoms with van der Waals surface area (Å²) in [5, 5.41) is 9.21. The van der Waals surface area contributed by atoms with E-state index < -0.39 is 6.10 Å². The molecule has 0 amide bonds. The number of hydrogen-bond donors (Lipinski definition) is 2. The molecule has 66 valence electrons. The number of hydrogen-bond acceptors (Lipinski definition) is 2. The lowest BCUT2D eigenvalue weighted by Crippen LogP contribution is -2.22. The summed E-state index contributed by atoms with van der Waals surface area (Å²) in [6.45, 7) is 1.69. The van der Waals surface area contributed by atoms with E-state index in [-0.39, 0.29) is 6.04 Å². The molecule has 0 saturated heterocycles. The second-order valence-corrected chi connectivity index (χ2v) is 3.73. The summed E-state index contributed by atoms with van der Waals surface area (Å²) < 4.78 is 1.02. The summed E-state index contributed by atoms with van der Waals surface area (Å²) in [6.07, 6.45) is -0.508. The molecule has 12 heavy (non-hydrogen) atoms. The van der Waals surface area contributed by atoms with Gasteiger partial charge in [-0.15, -0.1) is 0 Å². The Morgan fingerprint density at radius 3 is 2.25 bits per heavy atom. The first-order valence-electron chi connectivity index (χ1n) is 3.80. The zero-order valence-electron chi connectivity index (χ0n) is 6.87. The molecule has 0 aliphatic carbocycles. The van der Waals surface area contributed by atoms with E-state index in [4.69, 9.17) is 5.73 Å². The molecule has 0 aliphatic rings. The van der Waals surface area contributed by atoms with Crippen LogP contribution in [0.1, 0.15) is 18.5 Å². The fourth-order valence-corrected chi connectivity index (χ4v) is 1.23. The molecule has 0 bridgehead atoms. The van der Waals surface area contributed by atoms with Crippen LogP contribution in [-0.2, 0) is 0 Å². The first kappa shape index (κ1) is 9.71. The molecule has 3 heteroatoms. The highest BCUT2D eigenvalue weighted by atomic mass is 79.9. The zero-order chi connectivity index (χ0) is 9.14. The third-order valence-corrected chi connectivity index (χ3v) is 2.30. The molecule has 2 atom stereocenters. The Morgan fingerprint density at radius 1 is 1.33 bits per heavy atom. The average Bonchev–Trinajstić information content (AvgIpc) is 2.04. The number of aliphatic hydroxyl groups excluding tert-OH is 1. The van der Waals surface area contributed by atoms with Crippen molar-refractivity contribution in [1.82, 2.24) is 0 Å². The molecule has 0 spiro atoms. The first-order chi connectivity index (χ1) is 5.61. The number of nitrogens with two attached hydrogens (primary N) is 1. The predicted molar refractivity (Wildman–Crippen MR) is 52.8 cm³/mol. The van der Waals surface area contributed by atoms with Gasteiger partial charge in [-0.05, 0) is 24.6 Å². The Morgan fingerprint density at radius 2 is 1.83 bits per heavy atom. The maximum Gasteiger partial charge on any atom is 0.0704 e. The fourth-order valence-electron chi connectivity index (χ4n) is 0.964. The van der Waals surface area contributed by atoms with E-state index in [2.05, 4.69) is 15.9 Å². The lowest BCUT2D eigenvalue weighted by Gasteiger charge is -2.14. The molecule has 1 unspecified atom stereocenters. The quantitative estimate of drug-likeness (QED) is 0.814. The summed E-state index contributed by atoms with van der Waals surface area (Å²) in [5.41, 5.74) is 6.67. The van der Waals surface area contributed by atoms with Crippen molar-refractivity contribution < 1.29 is 5.11 Å². The number of aliphatic hydroxyl groups is 1. The predicted octanol–water partition coefficient (Wildman–Crippen LogP) is 1.83. The minimum atomic E-state index is -0.508. The first-order valence-corrected chi connectivity index (χ1v) is 4.59. The Bertz CT molecular complexity index is 245. The van der Waals surface area contributed by atoms with Crippen LogP contribution in [0, 0.1) is 0 Å². The Hall–Kier alpha value is -0.380. The van der Waals surface area contributed by atoms with E-state index in [1.807, 2.05) is 24.3 Å². The monoisotopic (exact) mass is 229 g/mol. The fraction of sp³-hybridized carbons (Fsp3) is 0.333. The van der Waals surface area contributed by atoms with Crippen molar-refractivity contribution >= 4 is 15.9 Å². The number of rotatable bonds is 2. The highest BCUT2D eigenvalue weighted by Gasteiger charge is 2.10. The van der Waals surface area contributed by atoms with Crippen molar-refractivity contribution in [3.8, 4) is 0 Å². The summed E-state index contributed by atoms with van der Waals surface area (Å²) >= 11 is 3.33. The van der Waals surface area contributed by atoms with Gasteiger partial charge >= 0.3 is 0 Å². The van der Waals surface area contributed by atoms with Crippen molar-refractivity contribution in [1.29, 1.82) is 0 Å². The second kappa shape index (κ2) is 4.03. The van der Waals surface area contributed by atoms with Gasteiger partial charge in [-0.1, -0.05) is 28.1 Å². The summed E-state index contributed by atoms with van der Waals surface area (Å²) in [7, 11) is 0.